The number of fused-ring (bicyclic) bond motifs is 1. The molecule has 0 radical (unpaired) electrons. The highest BCUT2D eigenvalue weighted by atomic mass is 16.7. The van der Waals surface area contributed by atoms with Gasteiger partial charge in [-0.1, -0.05) is 5.16 Å². The molecule has 0 bridgehead atoms. The van der Waals surface area contributed by atoms with Crippen molar-refractivity contribution in [3.05, 3.63) is 24.1 Å². The molecule has 1 saturated carbocycles. The lowest BCUT2D eigenvalue weighted by Gasteiger charge is -2.24. The van der Waals surface area contributed by atoms with Crippen molar-refractivity contribution >= 4 is 0 Å². The summed E-state index contributed by atoms with van der Waals surface area (Å²) in [4.78, 5) is 6.94. The first-order valence-corrected chi connectivity index (χ1v) is 7.69. The van der Waals surface area contributed by atoms with E-state index in [4.69, 9.17) is 14.0 Å². The second-order valence-corrected chi connectivity index (χ2v) is 6.08. The van der Waals surface area contributed by atoms with E-state index < -0.39 is 0 Å². The molecule has 0 saturated heterocycles. The Morgan fingerprint density at radius 1 is 1.23 bits per heavy atom. The fraction of sp³-hybridized carbons (Fsp3) is 0.500. The minimum Gasteiger partial charge on any atom is -0.454 e. The molecule has 6 nitrogen and oxygen atoms in total. The number of ether oxygens (including phenoxy) is 2. The number of hydrogen-bond donors (Lipinski definition) is 0. The van der Waals surface area contributed by atoms with Gasteiger partial charge in [-0.05, 0) is 44.9 Å². The summed E-state index contributed by atoms with van der Waals surface area (Å²) in [5, 5.41) is 4.09. The average molecular weight is 301 g/mol. The summed E-state index contributed by atoms with van der Waals surface area (Å²) in [5.74, 6) is 2.74. The maximum absolute atomic E-state index is 5.42. The Labute approximate surface area is 129 Å². The fourth-order valence-electron chi connectivity index (χ4n) is 2.77. The third-order valence-corrected chi connectivity index (χ3v) is 4.10. The molecule has 1 aromatic heterocycles. The molecule has 4 rings (SSSR count). The van der Waals surface area contributed by atoms with Gasteiger partial charge in [0.15, 0.2) is 11.5 Å². The van der Waals surface area contributed by atoms with Gasteiger partial charge in [0.25, 0.3) is 0 Å². The van der Waals surface area contributed by atoms with Gasteiger partial charge in [-0.2, -0.15) is 4.98 Å². The van der Waals surface area contributed by atoms with Gasteiger partial charge in [0.1, 0.15) is 0 Å². The van der Waals surface area contributed by atoms with E-state index >= 15 is 0 Å². The van der Waals surface area contributed by atoms with E-state index in [9.17, 15) is 0 Å². The Kier molecular flexibility index (Phi) is 3.26. The van der Waals surface area contributed by atoms with E-state index in [0.29, 0.717) is 30.3 Å². The number of benzene rings is 1. The standard InChI is InChI=1S/C16H19N3O3/c1-10(2)19(12-4-5-12)8-15-17-16(18-22-15)11-3-6-13-14(7-11)21-9-20-13/h3,6-7,10,12H,4-5,8-9H2,1-2H3. The van der Waals surface area contributed by atoms with Crippen molar-refractivity contribution in [2.45, 2.75) is 45.3 Å². The van der Waals surface area contributed by atoms with Crippen LogP contribution < -0.4 is 9.47 Å². The lowest BCUT2D eigenvalue weighted by molar-refractivity contribution is 0.174. The average Bonchev–Trinajstić information content (AvgIpc) is 3.06. The summed E-state index contributed by atoms with van der Waals surface area (Å²) < 4.78 is 16.1. The molecule has 0 unspecified atom stereocenters. The zero-order valence-corrected chi connectivity index (χ0v) is 12.8. The van der Waals surface area contributed by atoms with E-state index in [1.807, 2.05) is 18.2 Å². The molecule has 0 N–H and O–H groups in total. The minimum atomic E-state index is 0.265. The van der Waals surface area contributed by atoms with Crippen LogP contribution in [-0.4, -0.2) is 33.9 Å². The van der Waals surface area contributed by atoms with Gasteiger partial charge in [-0.25, -0.2) is 0 Å². The maximum Gasteiger partial charge on any atom is 0.241 e. The van der Waals surface area contributed by atoms with Crippen LogP contribution in [0.5, 0.6) is 11.5 Å². The van der Waals surface area contributed by atoms with E-state index in [0.717, 1.165) is 17.1 Å². The lowest BCUT2D eigenvalue weighted by Crippen LogP contribution is -2.32. The summed E-state index contributed by atoms with van der Waals surface area (Å²) in [6, 6.07) is 6.83. The van der Waals surface area contributed by atoms with Crippen molar-refractivity contribution < 1.29 is 14.0 Å². The quantitative estimate of drug-likeness (QED) is 0.846. The monoisotopic (exact) mass is 301 g/mol. The molecule has 6 heteroatoms. The molecule has 22 heavy (non-hydrogen) atoms. The van der Waals surface area contributed by atoms with Crippen molar-refractivity contribution in [1.82, 2.24) is 15.0 Å². The van der Waals surface area contributed by atoms with E-state index in [2.05, 4.69) is 28.9 Å². The highest BCUT2D eigenvalue weighted by Crippen LogP contribution is 2.35. The summed E-state index contributed by atoms with van der Waals surface area (Å²) >= 11 is 0. The smallest absolute Gasteiger partial charge is 0.241 e. The van der Waals surface area contributed by atoms with Crippen LogP contribution in [0, 0.1) is 0 Å². The molecule has 0 spiro atoms. The van der Waals surface area contributed by atoms with Gasteiger partial charge in [0.2, 0.25) is 18.5 Å². The van der Waals surface area contributed by atoms with Gasteiger partial charge in [-0.3, -0.25) is 4.90 Å². The normalized spacial score (nSPS) is 16.7. The highest BCUT2D eigenvalue weighted by Gasteiger charge is 2.31. The molecule has 0 atom stereocenters. The van der Waals surface area contributed by atoms with Crippen LogP contribution in [0.3, 0.4) is 0 Å². The largest absolute Gasteiger partial charge is 0.454 e. The Hall–Kier alpha value is -2.08. The SMILES string of the molecule is CC(C)N(Cc1nc(-c2ccc3c(c2)OCO3)no1)C1CC1. The maximum atomic E-state index is 5.42. The van der Waals surface area contributed by atoms with Gasteiger partial charge >= 0.3 is 0 Å². The minimum absolute atomic E-state index is 0.265. The summed E-state index contributed by atoms with van der Waals surface area (Å²) in [7, 11) is 0. The summed E-state index contributed by atoms with van der Waals surface area (Å²) in [6.45, 7) is 5.38. The van der Waals surface area contributed by atoms with Crippen LogP contribution in [0.25, 0.3) is 11.4 Å². The van der Waals surface area contributed by atoms with Crippen LogP contribution in [0.1, 0.15) is 32.6 Å². The van der Waals surface area contributed by atoms with Crippen LogP contribution in [0.15, 0.2) is 22.7 Å². The van der Waals surface area contributed by atoms with Crippen molar-refractivity contribution in [2.75, 3.05) is 6.79 Å². The molecule has 1 aromatic carbocycles. The molecule has 2 heterocycles. The number of rotatable bonds is 5. The van der Waals surface area contributed by atoms with Gasteiger partial charge in [-0.15, -0.1) is 0 Å². The predicted molar refractivity (Wildman–Crippen MR) is 79.6 cm³/mol. The molecule has 1 aliphatic heterocycles. The van der Waals surface area contributed by atoms with Crippen LogP contribution >= 0.6 is 0 Å². The highest BCUT2D eigenvalue weighted by molar-refractivity contribution is 5.61. The third kappa shape index (κ3) is 2.54. The Balaban J connectivity index is 1.53. The predicted octanol–water partition coefficient (Wildman–Crippen LogP) is 2.84. The van der Waals surface area contributed by atoms with Gasteiger partial charge in [0, 0.05) is 17.6 Å². The molecular weight excluding hydrogens is 282 g/mol. The first kappa shape index (κ1) is 13.6. The molecule has 0 amide bonds. The number of hydrogen-bond acceptors (Lipinski definition) is 6. The molecule has 116 valence electrons. The van der Waals surface area contributed by atoms with E-state index in [-0.39, 0.29) is 6.79 Å². The Bertz CT molecular complexity index is 677. The molecule has 1 fully saturated rings. The Morgan fingerprint density at radius 3 is 2.82 bits per heavy atom. The topological polar surface area (TPSA) is 60.6 Å². The second kappa shape index (κ2) is 5.28. The van der Waals surface area contributed by atoms with Gasteiger partial charge in [0.05, 0.1) is 6.54 Å². The second-order valence-electron chi connectivity index (χ2n) is 6.08. The van der Waals surface area contributed by atoms with Crippen molar-refractivity contribution in [2.24, 2.45) is 0 Å². The first-order valence-electron chi connectivity index (χ1n) is 7.69. The molecular formula is C16H19N3O3. The van der Waals surface area contributed by atoms with E-state index in [1.54, 1.807) is 0 Å². The number of nitrogens with zero attached hydrogens (tertiary/aromatic N) is 3. The van der Waals surface area contributed by atoms with Crippen LogP contribution in [-0.2, 0) is 6.54 Å². The van der Waals surface area contributed by atoms with E-state index in [1.165, 1.54) is 12.8 Å². The lowest BCUT2D eigenvalue weighted by atomic mass is 10.2. The van der Waals surface area contributed by atoms with Crippen LogP contribution in [0.2, 0.25) is 0 Å². The molecule has 1 aliphatic carbocycles. The number of aromatic nitrogens is 2. The van der Waals surface area contributed by atoms with Crippen molar-refractivity contribution in [3.63, 3.8) is 0 Å². The fourth-order valence-corrected chi connectivity index (χ4v) is 2.77. The zero-order valence-electron chi connectivity index (χ0n) is 12.8. The van der Waals surface area contributed by atoms with Crippen molar-refractivity contribution in [3.8, 4) is 22.9 Å². The van der Waals surface area contributed by atoms with Crippen molar-refractivity contribution in [1.29, 1.82) is 0 Å². The molecule has 2 aromatic rings. The first-order chi connectivity index (χ1) is 10.7. The Morgan fingerprint density at radius 2 is 2.05 bits per heavy atom. The van der Waals surface area contributed by atoms with Gasteiger partial charge < -0.3 is 14.0 Å². The molecule has 2 aliphatic rings. The third-order valence-electron chi connectivity index (χ3n) is 4.10. The van der Waals surface area contributed by atoms with Crippen LogP contribution in [0.4, 0.5) is 0 Å². The summed E-state index contributed by atoms with van der Waals surface area (Å²) in [5.41, 5.74) is 0.877. The zero-order chi connectivity index (χ0) is 15.1. The summed E-state index contributed by atoms with van der Waals surface area (Å²) in [6.07, 6.45) is 2.53.